The molecule has 0 bridgehead atoms. The van der Waals surface area contributed by atoms with Crippen molar-refractivity contribution in [2.24, 2.45) is 5.92 Å². The van der Waals surface area contributed by atoms with Crippen LogP contribution in [-0.4, -0.2) is 36.5 Å². The predicted octanol–water partition coefficient (Wildman–Crippen LogP) is 3.55. The molecule has 4 nitrogen and oxygen atoms in total. The quantitative estimate of drug-likeness (QED) is 0.226. The highest BCUT2D eigenvalue weighted by molar-refractivity contribution is 6.06. The third-order valence-corrected chi connectivity index (χ3v) is 4.06. The van der Waals surface area contributed by atoms with Gasteiger partial charge in [-0.3, -0.25) is 0 Å². The molecular formula is C16H29O4Si. The van der Waals surface area contributed by atoms with Crippen LogP contribution in [0.25, 0.3) is 0 Å². The van der Waals surface area contributed by atoms with Crippen molar-refractivity contribution < 1.29 is 18.7 Å². The molecule has 0 aromatic rings. The second-order valence-electron chi connectivity index (χ2n) is 5.22. The molecule has 1 atom stereocenters. The van der Waals surface area contributed by atoms with E-state index in [1.807, 2.05) is 0 Å². The van der Waals surface area contributed by atoms with Gasteiger partial charge in [0.05, 0.1) is 0 Å². The van der Waals surface area contributed by atoms with Gasteiger partial charge in [-0.25, -0.2) is 4.79 Å². The molecule has 5 heteroatoms. The maximum atomic E-state index is 11.9. The van der Waals surface area contributed by atoms with Gasteiger partial charge in [-0.15, -0.1) is 6.58 Å². The van der Waals surface area contributed by atoms with E-state index in [2.05, 4.69) is 28.4 Å². The Morgan fingerprint density at radius 2 is 1.67 bits per heavy atom. The molecule has 0 aromatic carbocycles. The van der Waals surface area contributed by atoms with Gasteiger partial charge in [0.15, 0.2) is 0 Å². The molecule has 121 valence electrons. The monoisotopic (exact) mass is 313 g/mol. The molecule has 0 aliphatic heterocycles. The maximum Gasteiger partial charge on any atom is 0.354 e. The van der Waals surface area contributed by atoms with E-state index in [0.29, 0.717) is 0 Å². The fraction of sp³-hybridized carbons (Fsp3) is 0.812. The Morgan fingerprint density at radius 1 is 1.14 bits per heavy atom. The van der Waals surface area contributed by atoms with E-state index in [4.69, 9.17) is 9.47 Å². The third kappa shape index (κ3) is 6.32. The number of methoxy groups -OCH3 is 2. The Labute approximate surface area is 132 Å². The van der Waals surface area contributed by atoms with Crippen LogP contribution in [-0.2, 0) is 18.7 Å². The number of ether oxygens (including phenoxy) is 2. The van der Waals surface area contributed by atoms with Gasteiger partial charge in [-0.05, 0) is 6.42 Å². The molecule has 0 saturated carbocycles. The molecule has 0 N–H and O–H groups in total. The lowest BCUT2D eigenvalue weighted by molar-refractivity contribution is -0.238. The molecule has 0 aromatic heterocycles. The van der Waals surface area contributed by atoms with Crippen LogP contribution in [0.15, 0.2) is 12.7 Å². The highest BCUT2D eigenvalue weighted by atomic mass is 28.2. The predicted molar refractivity (Wildman–Crippen MR) is 84.9 cm³/mol. The van der Waals surface area contributed by atoms with E-state index in [9.17, 15) is 4.79 Å². The minimum absolute atomic E-state index is 0.244. The number of hydrogen-bond acceptors (Lipinski definition) is 4. The van der Waals surface area contributed by atoms with E-state index in [-0.39, 0.29) is 5.92 Å². The highest BCUT2D eigenvalue weighted by Crippen LogP contribution is 2.30. The molecule has 1 unspecified atom stereocenters. The Morgan fingerprint density at radius 3 is 2.10 bits per heavy atom. The number of carbonyl (C=O) groups excluding carboxylic acids is 1. The van der Waals surface area contributed by atoms with Crippen molar-refractivity contribution >= 4 is 16.5 Å². The minimum Gasteiger partial charge on any atom is -0.512 e. The van der Waals surface area contributed by atoms with E-state index in [0.717, 1.165) is 19.3 Å². The average Bonchev–Trinajstić information content (AvgIpc) is 2.52. The molecule has 3 radical (unpaired) electrons. The van der Waals surface area contributed by atoms with Gasteiger partial charge in [-0.1, -0.05) is 57.9 Å². The molecule has 0 aliphatic rings. The first-order valence-corrected chi connectivity index (χ1v) is 8.14. The maximum absolute atomic E-state index is 11.9. The molecule has 0 amide bonds. The fourth-order valence-corrected chi connectivity index (χ4v) is 2.70. The zero-order valence-corrected chi connectivity index (χ0v) is 14.7. The molecule has 0 rings (SSSR count). The van der Waals surface area contributed by atoms with Crippen molar-refractivity contribution in [1.29, 1.82) is 0 Å². The second-order valence-corrected chi connectivity index (χ2v) is 5.42. The van der Waals surface area contributed by atoms with Gasteiger partial charge in [-0.2, -0.15) is 0 Å². The van der Waals surface area contributed by atoms with Crippen LogP contribution in [0.2, 0.25) is 0 Å². The van der Waals surface area contributed by atoms with Gasteiger partial charge in [0.2, 0.25) is 0 Å². The van der Waals surface area contributed by atoms with Crippen molar-refractivity contribution in [1.82, 2.24) is 0 Å². The minimum atomic E-state index is -1.42. The van der Waals surface area contributed by atoms with Crippen LogP contribution in [0.1, 0.15) is 58.3 Å². The van der Waals surface area contributed by atoms with Gasteiger partial charge < -0.3 is 13.9 Å². The zero-order chi connectivity index (χ0) is 16.1. The lowest BCUT2D eigenvalue weighted by Gasteiger charge is -2.33. The van der Waals surface area contributed by atoms with Gasteiger partial charge in [0.25, 0.3) is 5.79 Å². The van der Waals surface area contributed by atoms with Crippen LogP contribution in [0.5, 0.6) is 0 Å². The number of rotatable bonds is 13. The summed E-state index contributed by atoms with van der Waals surface area (Å²) in [5.41, 5.74) is 0. The summed E-state index contributed by atoms with van der Waals surface area (Å²) in [5.74, 6) is -2.27. The first-order chi connectivity index (χ1) is 10.1. The van der Waals surface area contributed by atoms with Gasteiger partial charge >= 0.3 is 16.5 Å². The molecule has 0 spiro atoms. The van der Waals surface area contributed by atoms with Crippen molar-refractivity contribution in [2.45, 2.75) is 64.1 Å². The number of carbonyl (C=O) groups is 1. The molecule has 0 fully saturated rings. The Hall–Kier alpha value is -0.653. The van der Waals surface area contributed by atoms with Crippen molar-refractivity contribution in [2.75, 3.05) is 14.2 Å². The summed E-state index contributed by atoms with van der Waals surface area (Å²) in [5, 5.41) is 0. The lowest BCUT2D eigenvalue weighted by Crippen LogP contribution is -2.49. The Bertz CT molecular complexity index is 290. The summed E-state index contributed by atoms with van der Waals surface area (Å²) in [4.78, 5) is 11.9. The normalized spacial score (nSPS) is 13.0. The summed E-state index contributed by atoms with van der Waals surface area (Å²) in [6.45, 7) is 6.01. The van der Waals surface area contributed by atoms with Crippen LogP contribution in [0.4, 0.5) is 0 Å². The van der Waals surface area contributed by atoms with Crippen molar-refractivity contribution in [3.8, 4) is 0 Å². The molecule has 21 heavy (non-hydrogen) atoms. The first-order valence-electron chi connectivity index (χ1n) is 7.73. The summed E-state index contributed by atoms with van der Waals surface area (Å²) >= 11 is 0. The topological polar surface area (TPSA) is 44.8 Å². The highest BCUT2D eigenvalue weighted by Gasteiger charge is 2.46. The average molecular weight is 313 g/mol. The molecular weight excluding hydrogens is 284 g/mol. The van der Waals surface area contributed by atoms with Crippen LogP contribution in [0, 0.1) is 5.92 Å². The van der Waals surface area contributed by atoms with E-state index in [1.54, 1.807) is 6.08 Å². The molecule has 0 aliphatic carbocycles. The van der Waals surface area contributed by atoms with Crippen LogP contribution >= 0.6 is 0 Å². The van der Waals surface area contributed by atoms with Crippen LogP contribution in [0.3, 0.4) is 0 Å². The van der Waals surface area contributed by atoms with E-state index >= 15 is 0 Å². The number of unbranched alkanes of at least 4 members (excludes halogenated alkanes) is 6. The summed E-state index contributed by atoms with van der Waals surface area (Å²) in [6.07, 6.45) is 11.0. The first kappa shape index (κ1) is 20.3. The summed E-state index contributed by atoms with van der Waals surface area (Å²) < 4.78 is 15.2. The number of hydrogen-bond donors (Lipinski definition) is 0. The fourth-order valence-electron chi connectivity index (χ4n) is 2.56. The lowest BCUT2D eigenvalue weighted by atomic mass is 9.91. The molecule has 0 heterocycles. The zero-order valence-electron chi connectivity index (χ0n) is 13.7. The van der Waals surface area contributed by atoms with Crippen molar-refractivity contribution in [3.63, 3.8) is 0 Å². The summed E-state index contributed by atoms with van der Waals surface area (Å²) in [6, 6.07) is 0. The Balaban J connectivity index is 4.34. The van der Waals surface area contributed by atoms with Crippen molar-refractivity contribution in [3.05, 3.63) is 12.7 Å². The van der Waals surface area contributed by atoms with Gasteiger partial charge in [0.1, 0.15) is 0 Å². The third-order valence-electron chi connectivity index (χ3n) is 3.88. The second kappa shape index (κ2) is 11.9. The largest absolute Gasteiger partial charge is 0.512 e. The molecule has 0 saturated heterocycles. The SMILES string of the molecule is C=CC(CCCCCCCCC)C(OC)(OC)C(=O)O[Si]. The smallest absolute Gasteiger partial charge is 0.354 e. The van der Waals surface area contributed by atoms with E-state index < -0.39 is 11.8 Å². The van der Waals surface area contributed by atoms with Gasteiger partial charge in [0, 0.05) is 20.1 Å². The Kier molecular flexibility index (Phi) is 11.6. The summed E-state index contributed by atoms with van der Waals surface area (Å²) in [7, 11) is 5.63. The van der Waals surface area contributed by atoms with E-state index in [1.165, 1.54) is 46.3 Å². The van der Waals surface area contributed by atoms with Crippen LogP contribution < -0.4 is 0 Å². The standard InChI is InChI=1S/C16H29O4Si/c1-5-7-8-9-10-11-12-13-14(6-2)16(18-3,19-4)15(17)20-21/h6,14H,2,5,7-13H2,1,3-4H3.